The number of carbonyl (C=O) groups excluding carboxylic acids is 1. The van der Waals surface area contributed by atoms with Crippen molar-refractivity contribution < 1.29 is 9.90 Å². The summed E-state index contributed by atoms with van der Waals surface area (Å²) in [5, 5.41) is 23.5. The van der Waals surface area contributed by atoms with Crippen LogP contribution in [0.4, 0.5) is 9.93 Å². The van der Waals surface area contributed by atoms with Crippen LogP contribution in [0.5, 0.6) is 0 Å². The van der Waals surface area contributed by atoms with Gasteiger partial charge in [0.25, 0.3) is 0 Å². The lowest BCUT2D eigenvalue weighted by molar-refractivity contribution is 0.224. The summed E-state index contributed by atoms with van der Waals surface area (Å²) < 4.78 is 0. The Balaban J connectivity index is 1.88. The molecule has 0 bridgehead atoms. The molecule has 1 aromatic heterocycles. The molecule has 0 aliphatic carbocycles. The van der Waals surface area contributed by atoms with Crippen molar-refractivity contribution in [3.63, 3.8) is 0 Å². The average molecular weight is 292 g/mol. The molecule has 6 nitrogen and oxygen atoms in total. The van der Waals surface area contributed by atoms with Crippen LogP contribution in [-0.2, 0) is 6.42 Å². The minimum Gasteiger partial charge on any atom is -0.394 e. The molecular weight excluding hydrogens is 276 g/mol. The highest BCUT2D eigenvalue weighted by Gasteiger charge is 2.13. The summed E-state index contributed by atoms with van der Waals surface area (Å²) in [7, 11) is 0. The Morgan fingerprint density at radius 3 is 2.70 bits per heavy atom. The quantitative estimate of drug-likeness (QED) is 0.780. The maximum absolute atomic E-state index is 11.8. The second-order valence-electron chi connectivity index (χ2n) is 4.29. The standard InChI is InChI=1S/C13H16N4O2S/c1-9-16-17-13(20-9)15-12(19)14-11(8-18)7-10-5-3-2-4-6-10/h2-6,11,18H,7-8H2,1H3,(H2,14,15,17,19)/t11-/m0/s1. The lowest BCUT2D eigenvalue weighted by Gasteiger charge is -2.16. The van der Waals surface area contributed by atoms with Gasteiger partial charge >= 0.3 is 6.03 Å². The highest BCUT2D eigenvalue weighted by Crippen LogP contribution is 2.13. The van der Waals surface area contributed by atoms with Crippen LogP contribution in [0.1, 0.15) is 10.6 Å². The van der Waals surface area contributed by atoms with Crippen molar-refractivity contribution in [2.75, 3.05) is 11.9 Å². The van der Waals surface area contributed by atoms with Gasteiger partial charge in [-0.1, -0.05) is 41.7 Å². The fourth-order valence-electron chi connectivity index (χ4n) is 1.73. The fourth-order valence-corrected chi connectivity index (χ4v) is 2.31. The topological polar surface area (TPSA) is 87.1 Å². The highest BCUT2D eigenvalue weighted by atomic mass is 32.1. The zero-order chi connectivity index (χ0) is 14.4. The van der Waals surface area contributed by atoms with Gasteiger partial charge in [0.1, 0.15) is 5.01 Å². The van der Waals surface area contributed by atoms with Crippen LogP contribution in [0.2, 0.25) is 0 Å². The maximum Gasteiger partial charge on any atom is 0.321 e. The van der Waals surface area contributed by atoms with E-state index in [1.807, 2.05) is 37.3 Å². The number of amides is 2. The van der Waals surface area contributed by atoms with Gasteiger partial charge in [0.2, 0.25) is 5.13 Å². The molecule has 2 aromatic rings. The number of aromatic nitrogens is 2. The summed E-state index contributed by atoms with van der Waals surface area (Å²) >= 11 is 1.30. The Bertz CT molecular complexity index is 559. The molecule has 0 aliphatic rings. The minimum atomic E-state index is -0.392. The van der Waals surface area contributed by atoms with Crippen LogP contribution in [0.25, 0.3) is 0 Å². The lowest BCUT2D eigenvalue weighted by Crippen LogP contribution is -2.41. The van der Waals surface area contributed by atoms with E-state index >= 15 is 0 Å². The number of rotatable bonds is 5. The monoisotopic (exact) mass is 292 g/mol. The van der Waals surface area contributed by atoms with Crippen LogP contribution in [0.15, 0.2) is 30.3 Å². The van der Waals surface area contributed by atoms with Crippen molar-refractivity contribution in [2.24, 2.45) is 0 Å². The first-order valence-electron chi connectivity index (χ1n) is 6.20. The predicted molar refractivity (Wildman–Crippen MR) is 77.8 cm³/mol. The average Bonchev–Trinajstić information content (AvgIpc) is 2.84. The molecule has 0 saturated heterocycles. The van der Waals surface area contributed by atoms with Crippen molar-refractivity contribution in [3.8, 4) is 0 Å². The van der Waals surface area contributed by atoms with E-state index in [0.717, 1.165) is 10.6 Å². The molecule has 2 rings (SSSR count). The molecule has 0 fully saturated rings. The number of nitrogens with zero attached hydrogens (tertiary/aromatic N) is 2. The minimum absolute atomic E-state index is 0.128. The first-order valence-corrected chi connectivity index (χ1v) is 7.01. The normalized spacial score (nSPS) is 11.9. The van der Waals surface area contributed by atoms with E-state index < -0.39 is 6.03 Å². The van der Waals surface area contributed by atoms with Crippen LogP contribution in [-0.4, -0.2) is 34.0 Å². The smallest absolute Gasteiger partial charge is 0.321 e. The largest absolute Gasteiger partial charge is 0.394 e. The number of aliphatic hydroxyl groups excluding tert-OH is 1. The van der Waals surface area contributed by atoms with Gasteiger partial charge in [-0.25, -0.2) is 4.79 Å². The van der Waals surface area contributed by atoms with Gasteiger partial charge in [0.15, 0.2) is 0 Å². The summed E-state index contributed by atoms with van der Waals surface area (Å²) in [6.45, 7) is 1.68. The number of aliphatic hydroxyl groups is 1. The Labute approximate surface area is 120 Å². The number of benzene rings is 1. The first kappa shape index (κ1) is 14.4. The molecule has 3 N–H and O–H groups in total. The zero-order valence-corrected chi connectivity index (χ0v) is 11.9. The zero-order valence-electron chi connectivity index (χ0n) is 11.0. The molecule has 2 amide bonds. The number of urea groups is 1. The van der Waals surface area contributed by atoms with E-state index in [-0.39, 0.29) is 12.6 Å². The van der Waals surface area contributed by atoms with Crippen molar-refractivity contribution in [1.29, 1.82) is 0 Å². The molecule has 106 valence electrons. The Morgan fingerprint density at radius 2 is 2.10 bits per heavy atom. The number of nitrogens with one attached hydrogen (secondary N) is 2. The maximum atomic E-state index is 11.8. The SMILES string of the molecule is Cc1nnc(NC(=O)N[C@H](CO)Cc2ccccc2)s1. The lowest BCUT2D eigenvalue weighted by atomic mass is 10.1. The number of hydrogen-bond donors (Lipinski definition) is 3. The number of carbonyl (C=O) groups is 1. The van der Waals surface area contributed by atoms with Crippen molar-refractivity contribution in [1.82, 2.24) is 15.5 Å². The predicted octanol–water partition coefficient (Wildman–Crippen LogP) is 1.57. The van der Waals surface area contributed by atoms with E-state index in [0.29, 0.717) is 11.6 Å². The Kier molecular flexibility index (Phi) is 5.03. The third kappa shape index (κ3) is 4.29. The molecular formula is C13H16N4O2S. The number of anilines is 1. The molecule has 0 aliphatic heterocycles. The van der Waals surface area contributed by atoms with E-state index in [1.54, 1.807) is 0 Å². The van der Waals surface area contributed by atoms with E-state index in [2.05, 4.69) is 20.8 Å². The highest BCUT2D eigenvalue weighted by molar-refractivity contribution is 7.15. The second-order valence-corrected chi connectivity index (χ2v) is 5.48. The molecule has 1 atom stereocenters. The van der Waals surface area contributed by atoms with Crippen molar-refractivity contribution >= 4 is 22.5 Å². The third-order valence-corrected chi connectivity index (χ3v) is 3.38. The van der Waals surface area contributed by atoms with Gasteiger partial charge in [0.05, 0.1) is 12.6 Å². The third-order valence-electron chi connectivity index (χ3n) is 2.63. The van der Waals surface area contributed by atoms with Crippen LogP contribution in [0.3, 0.4) is 0 Å². The van der Waals surface area contributed by atoms with Gasteiger partial charge in [-0.2, -0.15) is 0 Å². The summed E-state index contributed by atoms with van der Waals surface area (Å²) in [6.07, 6.45) is 0.569. The molecule has 0 unspecified atom stereocenters. The van der Waals surface area contributed by atoms with Gasteiger partial charge in [0, 0.05) is 0 Å². The van der Waals surface area contributed by atoms with Gasteiger partial charge in [-0.3, -0.25) is 5.32 Å². The molecule has 0 saturated carbocycles. The molecule has 0 radical (unpaired) electrons. The number of aryl methyl sites for hydroxylation is 1. The van der Waals surface area contributed by atoms with E-state index in [4.69, 9.17) is 0 Å². The first-order chi connectivity index (χ1) is 9.67. The molecule has 1 heterocycles. The molecule has 1 aromatic carbocycles. The fraction of sp³-hybridized carbons (Fsp3) is 0.308. The summed E-state index contributed by atoms with van der Waals surface area (Å²) in [4.78, 5) is 11.8. The van der Waals surface area contributed by atoms with E-state index in [9.17, 15) is 9.90 Å². The van der Waals surface area contributed by atoms with Gasteiger partial charge in [-0.05, 0) is 18.9 Å². The van der Waals surface area contributed by atoms with Crippen LogP contribution >= 0.6 is 11.3 Å². The molecule has 20 heavy (non-hydrogen) atoms. The molecule has 7 heteroatoms. The molecule has 0 spiro atoms. The Morgan fingerprint density at radius 1 is 1.35 bits per heavy atom. The van der Waals surface area contributed by atoms with Crippen LogP contribution < -0.4 is 10.6 Å². The number of hydrogen-bond acceptors (Lipinski definition) is 5. The van der Waals surface area contributed by atoms with Gasteiger partial charge < -0.3 is 10.4 Å². The van der Waals surface area contributed by atoms with Crippen LogP contribution in [0, 0.1) is 6.92 Å². The van der Waals surface area contributed by atoms with Gasteiger partial charge in [-0.15, -0.1) is 10.2 Å². The Hall–Kier alpha value is -1.99. The van der Waals surface area contributed by atoms with Crippen molar-refractivity contribution in [2.45, 2.75) is 19.4 Å². The second kappa shape index (κ2) is 6.97. The van der Waals surface area contributed by atoms with Crippen molar-refractivity contribution in [3.05, 3.63) is 40.9 Å². The summed E-state index contributed by atoms with van der Waals surface area (Å²) in [6, 6.07) is 8.95. The van der Waals surface area contributed by atoms with E-state index in [1.165, 1.54) is 11.3 Å². The summed E-state index contributed by atoms with van der Waals surface area (Å²) in [5.74, 6) is 0. The summed E-state index contributed by atoms with van der Waals surface area (Å²) in [5.41, 5.74) is 1.05.